The van der Waals surface area contributed by atoms with Gasteiger partial charge in [0.15, 0.2) is 5.88 Å². The van der Waals surface area contributed by atoms with Gasteiger partial charge in [0, 0.05) is 13.1 Å². The second-order valence-corrected chi connectivity index (χ2v) is 2.07. The van der Waals surface area contributed by atoms with Gasteiger partial charge >= 0.3 is 0 Å². The minimum atomic E-state index is 0.245. The van der Waals surface area contributed by atoms with Gasteiger partial charge in [-0.15, -0.1) is 12.6 Å². The van der Waals surface area contributed by atoms with Gasteiger partial charge in [0.05, 0.1) is 5.03 Å². The van der Waals surface area contributed by atoms with E-state index >= 15 is 0 Å². The van der Waals surface area contributed by atoms with Crippen molar-refractivity contribution in [1.29, 1.82) is 0 Å². The largest absolute Gasteiger partial charge is 0.494 e. The molecule has 8 heavy (non-hydrogen) atoms. The van der Waals surface area contributed by atoms with Crippen LogP contribution in [-0.4, -0.2) is 9.67 Å². The average molecular weight is 129 g/mol. The lowest BCUT2D eigenvalue weighted by atomic mass is 10.7. The van der Waals surface area contributed by atoms with E-state index in [4.69, 9.17) is 5.11 Å². The van der Waals surface area contributed by atoms with Crippen LogP contribution in [0.3, 0.4) is 0 Å². The predicted octanol–water partition coefficient (Wildman–Crippen LogP) is 1.02. The van der Waals surface area contributed by atoms with Gasteiger partial charge in [-0.1, -0.05) is 0 Å². The summed E-state index contributed by atoms with van der Waals surface area (Å²) < 4.78 is 1.59. The van der Waals surface area contributed by atoms with Crippen LogP contribution in [0.1, 0.15) is 0 Å². The third-order valence-electron chi connectivity index (χ3n) is 1.07. The van der Waals surface area contributed by atoms with Crippen LogP contribution in [0.5, 0.6) is 5.88 Å². The van der Waals surface area contributed by atoms with Gasteiger partial charge in [0.1, 0.15) is 0 Å². The first-order valence-corrected chi connectivity index (χ1v) is 2.70. The lowest BCUT2D eigenvalue weighted by molar-refractivity contribution is 0.425. The monoisotopic (exact) mass is 129 g/mol. The second kappa shape index (κ2) is 1.74. The number of hydrogen-bond donors (Lipinski definition) is 2. The van der Waals surface area contributed by atoms with Gasteiger partial charge < -0.3 is 9.67 Å². The van der Waals surface area contributed by atoms with Crippen molar-refractivity contribution >= 4 is 12.6 Å². The molecule has 0 bridgehead atoms. The van der Waals surface area contributed by atoms with E-state index in [2.05, 4.69) is 12.6 Å². The van der Waals surface area contributed by atoms with Gasteiger partial charge in [-0.25, -0.2) is 0 Å². The SMILES string of the molecule is Cn1c(O)ccc1S. The molecule has 0 aliphatic carbocycles. The smallest absolute Gasteiger partial charge is 0.191 e. The summed E-state index contributed by atoms with van der Waals surface area (Å²) in [5, 5.41) is 9.62. The quantitative estimate of drug-likeness (QED) is 0.502. The van der Waals surface area contributed by atoms with Gasteiger partial charge in [-0.2, -0.15) is 0 Å². The topological polar surface area (TPSA) is 25.2 Å². The minimum Gasteiger partial charge on any atom is -0.494 e. The fourth-order valence-corrected chi connectivity index (χ4v) is 0.667. The number of nitrogens with zero attached hydrogens (tertiary/aromatic N) is 1. The Morgan fingerprint density at radius 2 is 2.25 bits per heavy atom. The highest BCUT2D eigenvalue weighted by molar-refractivity contribution is 7.80. The molecular weight excluding hydrogens is 122 g/mol. The predicted molar refractivity (Wildman–Crippen MR) is 34.3 cm³/mol. The van der Waals surface area contributed by atoms with Crippen LogP contribution in [0.15, 0.2) is 17.2 Å². The van der Waals surface area contributed by atoms with E-state index < -0.39 is 0 Å². The number of aromatic nitrogens is 1. The first-order valence-electron chi connectivity index (χ1n) is 2.25. The van der Waals surface area contributed by atoms with Crippen LogP contribution in [0, 0.1) is 0 Å². The molecule has 1 N–H and O–H groups in total. The molecule has 1 rings (SSSR count). The Morgan fingerprint density at radius 3 is 2.38 bits per heavy atom. The zero-order valence-corrected chi connectivity index (χ0v) is 5.39. The molecule has 0 unspecified atom stereocenters. The molecule has 0 saturated carbocycles. The molecule has 1 aromatic heterocycles. The van der Waals surface area contributed by atoms with E-state index in [1.165, 1.54) is 0 Å². The van der Waals surface area contributed by atoms with Gasteiger partial charge in [0.2, 0.25) is 0 Å². The molecule has 0 aliphatic rings. The summed E-state index contributed by atoms with van der Waals surface area (Å²) in [5.41, 5.74) is 0. The van der Waals surface area contributed by atoms with E-state index in [1.54, 1.807) is 23.7 Å². The molecule has 3 heteroatoms. The summed E-state index contributed by atoms with van der Waals surface area (Å²) in [6.45, 7) is 0. The summed E-state index contributed by atoms with van der Waals surface area (Å²) in [5.74, 6) is 0.245. The molecule has 1 aromatic rings. The normalized spacial score (nSPS) is 9.75. The number of aromatic hydroxyl groups is 1. The van der Waals surface area contributed by atoms with Crippen molar-refractivity contribution in [2.75, 3.05) is 0 Å². The van der Waals surface area contributed by atoms with Crippen molar-refractivity contribution in [3.05, 3.63) is 12.1 Å². The maximum Gasteiger partial charge on any atom is 0.191 e. The zero-order valence-electron chi connectivity index (χ0n) is 4.50. The van der Waals surface area contributed by atoms with E-state index in [9.17, 15) is 0 Å². The van der Waals surface area contributed by atoms with Crippen molar-refractivity contribution in [2.45, 2.75) is 5.03 Å². The van der Waals surface area contributed by atoms with Crippen LogP contribution in [0.25, 0.3) is 0 Å². The Labute approximate surface area is 53.2 Å². The Hall–Kier alpha value is -0.570. The highest BCUT2D eigenvalue weighted by Crippen LogP contribution is 2.14. The molecule has 0 amide bonds. The van der Waals surface area contributed by atoms with Crippen LogP contribution < -0.4 is 0 Å². The van der Waals surface area contributed by atoms with Crippen LogP contribution in [0.2, 0.25) is 0 Å². The maximum absolute atomic E-state index is 8.85. The van der Waals surface area contributed by atoms with Crippen molar-refractivity contribution < 1.29 is 5.11 Å². The Balaban J connectivity index is 3.19. The highest BCUT2D eigenvalue weighted by Gasteiger charge is 1.94. The standard InChI is InChI=1S/C5H7NOS/c1-6-4(7)2-3-5(6)8/h2-3,7-8H,1H3. The first-order chi connectivity index (χ1) is 3.72. The highest BCUT2D eigenvalue weighted by atomic mass is 32.1. The Bertz CT molecular complexity index is 175. The van der Waals surface area contributed by atoms with Crippen molar-refractivity contribution in [3.63, 3.8) is 0 Å². The van der Waals surface area contributed by atoms with Crippen molar-refractivity contribution in [1.82, 2.24) is 4.57 Å². The third-order valence-corrected chi connectivity index (χ3v) is 1.52. The molecule has 0 radical (unpaired) electrons. The van der Waals surface area contributed by atoms with Crippen LogP contribution >= 0.6 is 12.6 Å². The van der Waals surface area contributed by atoms with Gasteiger partial charge in [-0.3, -0.25) is 0 Å². The summed E-state index contributed by atoms with van der Waals surface area (Å²) in [4.78, 5) is 0. The molecule has 0 spiro atoms. The van der Waals surface area contributed by atoms with E-state index in [-0.39, 0.29) is 5.88 Å². The summed E-state index contributed by atoms with van der Waals surface area (Å²) in [7, 11) is 1.75. The number of hydrogen-bond acceptors (Lipinski definition) is 2. The molecule has 0 atom stereocenters. The van der Waals surface area contributed by atoms with E-state index in [0.717, 1.165) is 5.03 Å². The zero-order chi connectivity index (χ0) is 6.15. The van der Waals surface area contributed by atoms with Crippen molar-refractivity contribution in [2.24, 2.45) is 7.05 Å². The molecule has 2 nitrogen and oxygen atoms in total. The molecule has 0 aliphatic heterocycles. The second-order valence-electron chi connectivity index (χ2n) is 1.61. The molecular formula is C5H7NOS. The van der Waals surface area contributed by atoms with Crippen LogP contribution in [-0.2, 0) is 7.05 Å². The van der Waals surface area contributed by atoms with E-state index in [1.807, 2.05) is 0 Å². The van der Waals surface area contributed by atoms with Crippen molar-refractivity contribution in [3.8, 4) is 5.88 Å². The maximum atomic E-state index is 8.85. The lowest BCUT2D eigenvalue weighted by Gasteiger charge is -1.93. The lowest BCUT2D eigenvalue weighted by Crippen LogP contribution is -1.84. The molecule has 1 heterocycles. The van der Waals surface area contributed by atoms with Gasteiger partial charge in [-0.05, 0) is 6.07 Å². The molecule has 44 valence electrons. The Kier molecular flexibility index (Phi) is 1.21. The summed E-state index contributed by atoms with van der Waals surface area (Å²) >= 11 is 4.02. The average Bonchev–Trinajstić information content (AvgIpc) is 1.98. The summed E-state index contributed by atoms with van der Waals surface area (Å²) in [6, 6.07) is 3.33. The minimum absolute atomic E-state index is 0.245. The third kappa shape index (κ3) is 0.690. The molecule has 0 fully saturated rings. The fraction of sp³-hybridized carbons (Fsp3) is 0.200. The number of rotatable bonds is 0. The van der Waals surface area contributed by atoms with Gasteiger partial charge in [0.25, 0.3) is 0 Å². The number of thiol groups is 1. The van der Waals surface area contributed by atoms with E-state index in [0.29, 0.717) is 0 Å². The molecule has 0 aromatic carbocycles. The molecule has 0 saturated heterocycles. The van der Waals surface area contributed by atoms with Crippen LogP contribution in [0.4, 0.5) is 0 Å². The fourth-order valence-electron chi connectivity index (χ4n) is 0.490. The Morgan fingerprint density at radius 1 is 1.62 bits per heavy atom. The summed E-state index contributed by atoms with van der Waals surface area (Å²) in [6.07, 6.45) is 0. The first kappa shape index (κ1) is 5.56.